The maximum absolute atomic E-state index is 14.5. The van der Waals surface area contributed by atoms with Crippen LogP contribution in [0.5, 0.6) is 0 Å². The Morgan fingerprint density at radius 1 is 0.598 bits per heavy atom. The first-order valence-corrected chi connectivity index (χ1v) is 31.6. The summed E-state index contributed by atoms with van der Waals surface area (Å²) in [5.74, 6) is -15.2. The van der Waals surface area contributed by atoms with E-state index < -0.39 is 181 Å². The summed E-state index contributed by atoms with van der Waals surface area (Å²) in [6.07, 6.45) is 11.7. The van der Waals surface area contributed by atoms with Gasteiger partial charge in [0.2, 0.25) is 59.1 Å². The number of hydrogen-bond acceptors (Lipinski definition) is 16. The molecule has 0 aromatic carbocycles. The number of primary amides is 1. The van der Waals surface area contributed by atoms with Crippen molar-refractivity contribution in [3.63, 3.8) is 0 Å². The van der Waals surface area contributed by atoms with Crippen LogP contribution in [-0.2, 0) is 67.1 Å². The number of likely N-dealkylation sites (tertiary alicyclic amines) is 1. The Bertz CT molecular complexity index is 2610. The molecule has 1 unspecified atom stereocenters. The zero-order valence-electron chi connectivity index (χ0n) is 54.8. The van der Waals surface area contributed by atoms with Crippen molar-refractivity contribution in [3.05, 3.63) is 36.2 Å². The summed E-state index contributed by atoms with van der Waals surface area (Å²) in [6.45, 7) is 14.4. The molecule has 1 heterocycles. The van der Waals surface area contributed by atoms with E-state index in [9.17, 15) is 87.5 Å². The average molecular weight is 1300 g/mol. The summed E-state index contributed by atoms with van der Waals surface area (Å²) in [5.41, 5.74) is 4.64. The molecule has 1 fully saturated rings. The molecular formula is C62H102N12O18. The van der Waals surface area contributed by atoms with Crippen LogP contribution in [0.1, 0.15) is 177 Å². The highest BCUT2D eigenvalue weighted by Crippen LogP contribution is 2.28. The number of aliphatic hydroxyl groups is 2. The minimum absolute atomic E-state index is 0.102. The molecule has 1 saturated heterocycles. The van der Waals surface area contributed by atoms with Crippen molar-refractivity contribution in [2.24, 2.45) is 17.6 Å². The number of carbonyl (C=O) groups excluding carboxylic acids is 12. The van der Waals surface area contributed by atoms with Gasteiger partial charge >= 0.3 is 11.9 Å². The monoisotopic (exact) mass is 1300 g/mol. The highest BCUT2D eigenvalue weighted by Gasteiger charge is 2.48. The quantitative estimate of drug-likeness (QED) is 0.0217. The molecule has 92 heavy (non-hydrogen) atoms. The summed E-state index contributed by atoms with van der Waals surface area (Å²) in [4.78, 5) is 189. The topological polar surface area (TPSA) is 461 Å². The van der Waals surface area contributed by atoms with Gasteiger partial charge in [-0.1, -0.05) is 137 Å². The van der Waals surface area contributed by atoms with Crippen LogP contribution in [0.25, 0.3) is 0 Å². The molecule has 15 N–H and O–H groups in total. The molecule has 0 aliphatic carbocycles. The summed E-state index contributed by atoms with van der Waals surface area (Å²) in [7, 11) is 1.23. The van der Waals surface area contributed by atoms with Crippen molar-refractivity contribution < 1.29 is 87.5 Å². The third kappa shape index (κ3) is 30.2. The number of rotatable bonds is 46. The first-order valence-electron chi connectivity index (χ1n) is 31.6. The molecule has 0 spiro atoms. The van der Waals surface area contributed by atoms with Crippen LogP contribution in [0, 0.1) is 11.8 Å². The molecule has 30 heteroatoms. The third-order valence-electron chi connectivity index (χ3n) is 14.8. The van der Waals surface area contributed by atoms with Gasteiger partial charge in [0.1, 0.15) is 59.7 Å². The minimum Gasteiger partial charge on any atom is -0.481 e. The van der Waals surface area contributed by atoms with Gasteiger partial charge < -0.3 is 83.8 Å². The maximum atomic E-state index is 14.5. The molecule has 30 nitrogen and oxygen atoms in total. The number of unbranched alkanes of at least 4 members (excludes halogenated alkanes) is 10. The van der Waals surface area contributed by atoms with Crippen LogP contribution in [0.15, 0.2) is 36.2 Å². The summed E-state index contributed by atoms with van der Waals surface area (Å²) < 4.78 is 0. The minimum atomic E-state index is -1.83. The number of aliphatic carboxylic acids is 2. The Balaban J connectivity index is 3.48. The zero-order chi connectivity index (χ0) is 69.8. The average Bonchev–Trinajstić information content (AvgIpc) is 1.63. The van der Waals surface area contributed by atoms with Crippen LogP contribution < -0.4 is 53.6 Å². The molecule has 12 amide bonds. The van der Waals surface area contributed by atoms with Crippen molar-refractivity contribution in [1.82, 2.24) is 57.7 Å². The van der Waals surface area contributed by atoms with Crippen molar-refractivity contribution in [2.75, 3.05) is 26.8 Å². The van der Waals surface area contributed by atoms with Crippen molar-refractivity contribution in [3.8, 4) is 0 Å². The SMILES string of the molecule is C=CCC[C@H](NC(=O)[C@@H](CO)NC(=O)/C(=C\C(C)C)NC(=O)[C@@H](CO)NC(=O)[C@H](CCCCCCCC)NC(C)=O)C(=O)N(C)[C@@H]1CC(C)N([C@@H](CC(=O)O)C(=O)N[C@H](CCCCCCCC)C(=O)N[C@@H](CC(=O)O)C(=O)NCC(=O)N/C(=C/C(C)C)C(N)=O)C1=O. The lowest BCUT2D eigenvalue weighted by Gasteiger charge is -2.32. The molecule has 518 valence electrons. The number of nitrogens with two attached hydrogens (primary N) is 1. The predicted molar refractivity (Wildman–Crippen MR) is 337 cm³/mol. The second-order valence-electron chi connectivity index (χ2n) is 23.6. The van der Waals surface area contributed by atoms with Crippen molar-refractivity contribution in [2.45, 2.75) is 232 Å². The lowest BCUT2D eigenvalue weighted by molar-refractivity contribution is -0.149. The molecule has 0 saturated carbocycles. The largest absolute Gasteiger partial charge is 0.481 e. The molecule has 0 aromatic heterocycles. The fourth-order valence-corrected chi connectivity index (χ4v) is 10.00. The van der Waals surface area contributed by atoms with Crippen LogP contribution >= 0.6 is 0 Å². The fourth-order valence-electron chi connectivity index (χ4n) is 10.00. The Kier molecular flexibility index (Phi) is 38.6. The molecule has 1 rings (SSSR count). The Morgan fingerprint density at radius 3 is 1.55 bits per heavy atom. The number of hydrogen-bond donors (Lipinski definition) is 14. The second kappa shape index (κ2) is 43.5. The molecule has 1 aliphatic heterocycles. The number of carbonyl (C=O) groups is 14. The highest BCUT2D eigenvalue weighted by molar-refractivity contribution is 6.03. The number of carboxylic acid groups (broad SMARTS) is 2. The Hall–Kier alpha value is -8.28. The van der Waals surface area contributed by atoms with E-state index in [-0.39, 0.29) is 43.7 Å². The van der Waals surface area contributed by atoms with E-state index in [1.54, 1.807) is 27.7 Å². The van der Waals surface area contributed by atoms with Crippen LogP contribution in [0.2, 0.25) is 0 Å². The van der Waals surface area contributed by atoms with Gasteiger partial charge in [-0.3, -0.25) is 67.1 Å². The number of amides is 12. The second-order valence-corrected chi connectivity index (χ2v) is 23.6. The van der Waals surface area contributed by atoms with E-state index in [2.05, 4.69) is 61.4 Å². The number of nitrogens with one attached hydrogen (secondary N) is 9. The molecule has 1 aliphatic rings. The summed E-state index contributed by atoms with van der Waals surface area (Å²) in [5, 5.41) is 61.9. The lowest BCUT2D eigenvalue weighted by Crippen LogP contribution is -2.59. The van der Waals surface area contributed by atoms with Gasteiger partial charge in [0, 0.05) is 20.0 Å². The van der Waals surface area contributed by atoms with E-state index in [0.717, 1.165) is 67.6 Å². The van der Waals surface area contributed by atoms with Crippen molar-refractivity contribution in [1.29, 1.82) is 0 Å². The Morgan fingerprint density at radius 2 is 1.07 bits per heavy atom. The van der Waals surface area contributed by atoms with Gasteiger partial charge in [-0.2, -0.15) is 0 Å². The number of aliphatic hydroxyl groups excluding tert-OH is 2. The van der Waals surface area contributed by atoms with Gasteiger partial charge in [0.15, 0.2) is 0 Å². The van der Waals surface area contributed by atoms with Gasteiger partial charge in [-0.05, 0) is 50.9 Å². The fraction of sp³-hybridized carbons (Fsp3) is 0.677. The van der Waals surface area contributed by atoms with Gasteiger partial charge in [-0.15, -0.1) is 6.58 Å². The standard InChI is InChI=1S/C62H102N12O18/c1-11-14-17-19-21-23-26-40(65-39(9)77)55(85)71-47(35-76)59(89)69-44(29-37(6)7)57(87)72-46(34-75)58(88)68-42(25-16-13-3)61(91)73(10)49-30-38(8)74(62(49)92)48(32-52(81)82)60(90)67-41(27-24-22-20-18-15-12-2)56(86)70-45(31-51(79)80)54(84)64-33-50(78)66-43(53(63)83)28-36(4)5/h13,28-29,36-38,40-42,45-49,75-76H,3,11-12,14-27,30-35H2,1-2,4-10H3,(H2,63,83)(H,64,84)(H,65,77)(H,66,78)(H,67,90)(H,68,88)(H,69,89)(H,70,86)(H,71,85)(H,72,87)(H,79,80)(H,81,82)/b43-28+,44-29+/t38?,40-,41+,42-,45-,46+,47+,48-,49+/m0/s1. The molecule has 9 atom stereocenters. The lowest BCUT2D eigenvalue weighted by atomic mass is 10.0. The van der Waals surface area contributed by atoms with E-state index in [1.165, 1.54) is 39.1 Å². The number of allylic oxidation sites excluding steroid dienone is 3. The first-order chi connectivity index (χ1) is 43.4. The first kappa shape index (κ1) is 81.7. The predicted octanol–water partition coefficient (Wildman–Crippen LogP) is 0.0466. The van der Waals surface area contributed by atoms with E-state index in [4.69, 9.17) is 5.73 Å². The highest BCUT2D eigenvalue weighted by atomic mass is 16.4. The molecular weight excluding hydrogens is 1200 g/mol. The van der Waals surface area contributed by atoms with Crippen LogP contribution in [-0.4, -0.2) is 194 Å². The number of carboxylic acids is 2. The van der Waals surface area contributed by atoms with Crippen LogP contribution in [0.3, 0.4) is 0 Å². The van der Waals surface area contributed by atoms with E-state index in [1.807, 2.05) is 6.92 Å². The van der Waals surface area contributed by atoms with Crippen molar-refractivity contribution >= 4 is 82.8 Å². The number of likely N-dealkylation sites (N-methyl/N-ethyl adjacent to an activating group) is 1. The van der Waals surface area contributed by atoms with Crippen LogP contribution in [0.4, 0.5) is 0 Å². The molecule has 0 bridgehead atoms. The zero-order valence-corrected chi connectivity index (χ0v) is 54.8. The summed E-state index contributed by atoms with van der Waals surface area (Å²) in [6, 6.07) is -13.4. The van der Waals surface area contributed by atoms with E-state index in [0.29, 0.717) is 19.3 Å². The van der Waals surface area contributed by atoms with Gasteiger partial charge in [0.05, 0.1) is 32.6 Å². The van der Waals surface area contributed by atoms with E-state index >= 15 is 0 Å². The smallest absolute Gasteiger partial charge is 0.305 e. The maximum Gasteiger partial charge on any atom is 0.305 e. The Labute approximate surface area is 538 Å². The van der Waals surface area contributed by atoms with Gasteiger partial charge in [-0.25, -0.2) is 0 Å². The number of nitrogens with zero attached hydrogens (tertiary/aromatic N) is 2. The molecule has 0 aromatic rings. The third-order valence-corrected chi connectivity index (χ3v) is 14.8. The van der Waals surface area contributed by atoms with Gasteiger partial charge in [0.25, 0.3) is 11.8 Å². The summed E-state index contributed by atoms with van der Waals surface area (Å²) >= 11 is 0. The normalized spacial score (nSPS) is 16.3. The molecule has 0 radical (unpaired) electrons.